The molecule has 1 amide bonds. The van der Waals surface area contributed by atoms with Gasteiger partial charge in [-0.1, -0.05) is 30.3 Å². The van der Waals surface area contributed by atoms with Crippen LogP contribution in [0.3, 0.4) is 0 Å². The van der Waals surface area contributed by atoms with Gasteiger partial charge in [0.25, 0.3) is 0 Å². The van der Waals surface area contributed by atoms with Crippen molar-refractivity contribution in [1.29, 1.82) is 0 Å². The molecule has 2 aromatic heterocycles. The van der Waals surface area contributed by atoms with Gasteiger partial charge in [-0.3, -0.25) is 4.79 Å². The van der Waals surface area contributed by atoms with Gasteiger partial charge in [0, 0.05) is 36.3 Å². The maximum absolute atomic E-state index is 12.7. The number of anilines is 2. The SMILES string of the molecule is CN(C)c1nc(N[C@H]2CC[C@@H](NC(=O)Cc3csc4ccccc34)CC2)nc2ccccc12. The Hall–Kier alpha value is -3.19. The second-order valence-electron chi connectivity index (χ2n) is 8.98. The highest BCUT2D eigenvalue weighted by Crippen LogP contribution is 2.28. The second-order valence-corrected chi connectivity index (χ2v) is 9.89. The molecule has 33 heavy (non-hydrogen) atoms. The largest absolute Gasteiger partial charge is 0.362 e. The number of carbonyl (C=O) groups is 1. The molecule has 0 spiro atoms. The van der Waals surface area contributed by atoms with Crippen molar-refractivity contribution in [2.75, 3.05) is 24.3 Å². The fourth-order valence-electron chi connectivity index (χ4n) is 4.65. The van der Waals surface area contributed by atoms with Gasteiger partial charge < -0.3 is 15.5 Å². The van der Waals surface area contributed by atoms with Crippen molar-refractivity contribution in [2.45, 2.75) is 44.2 Å². The molecule has 0 saturated heterocycles. The van der Waals surface area contributed by atoms with Gasteiger partial charge in [0.05, 0.1) is 11.9 Å². The van der Waals surface area contributed by atoms with Crippen LogP contribution in [0.5, 0.6) is 0 Å². The van der Waals surface area contributed by atoms with E-state index in [1.165, 1.54) is 10.1 Å². The molecule has 1 saturated carbocycles. The number of nitrogens with one attached hydrogen (secondary N) is 2. The first kappa shape index (κ1) is 21.6. The van der Waals surface area contributed by atoms with Crippen LogP contribution >= 0.6 is 11.3 Å². The molecule has 170 valence electrons. The quantitative estimate of drug-likeness (QED) is 0.425. The Balaban J connectivity index is 1.17. The van der Waals surface area contributed by atoms with Gasteiger partial charge in [-0.2, -0.15) is 4.98 Å². The molecule has 0 atom stereocenters. The third kappa shape index (κ3) is 4.78. The van der Waals surface area contributed by atoms with Crippen LogP contribution in [-0.2, 0) is 11.2 Å². The number of hydrogen-bond donors (Lipinski definition) is 2. The number of para-hydroxylation sites is 1. The molecular weight excluding hydrogens is 430 g/mol. The summed E-state index contributed by atoms with van der Waals surface area (Å²) in [6.07, 6.45) is 4.34. The topological polar surface area (TPSA) is 70.2 Å². The molecule has 0 radical (unpaired) electrons. The van der Waals surface area contributed by atoms with Crippen molar-refractivity contribution in [1.82, 2.24) is 15.3 Å². The Labute approximate surface area is 198 Å². The van der Waals surface area contributed by atoms with Crippen LogP contribution in [0.25, 0.3) is 21.0 Å². The standard InChI is InChI=1S/C26H29N5OS/c1-31(2)25-21-8-3-5-9-22(21)29-26(30-25)28-19-13-11-18(12-14-19)27-24(32)15-17-16-33-23-10-6-4-7-20(17)23/h3-10,16,18-19H,11-15H2,1-2H3,(H,27,32)(H,28,29,30)/t18-,19+. The maximum atomic E-state index is 12.7. The number of amides is 1. The van der Waals surface area contributed by atoms with Gasteiger partial charge in [0.1, 0.15) is 5.82 Å². The van der Waals surface area contributed by atoms with Crippen LogP contribution in [0.4, 0.5) is 11.8 Å². The summed E-state index contributed by atoms with van der Waals surface area (Å²) in [6.45, 7) is 0. The van der Waals surface area contributed by atoms with Crippen molar-refractivity contribution in [3.63, 3.8) is 0 Å². The van der Waals surface area contributed by atoms with E-state index in [0.29, 0.717) is 18.4 Å². The molecule has 4 aromatic rings. The lowest BCUT2D eigenvalue weighted by atomic mass is 9.91. The Morgan fingerprint density at radius 3 is 2.45 bits per heavy atom. The summed E-state index contributed by atoms with van der Waals surface area (Å²) in [6, 6.07) is 16.9. The summed E-state index contributed by atoms with van der Waals surface area (Å²) in [4.78, 5) is 24.2. The van der Waals surface area contributed by atoms with Crippen molar-refractivity contribution in [3.8, 4) is 0 Å². The summed E-state index contributed by atoms with van der Waals surface area (Å²) in [5, 5.41) is 11.1. The lowest BCUT2D eigenvalue weighted by Crippen LogP contribution is -2.40. The number of hydrogen-bond acceptors (Lipinski definition) is 6. The molecule has 0 aliphatic heterocycles. The Bertz CT molecular complexity index is 1280. The predicted octanol–water partition coefficient (Wildman–Crippen LogP) is 4.99. The third-order valence-corrected chi connectivity index (χ3v) is 7.36. The molecule has 2 N–H and O–H groups in total. The molecule has 1 fully saturated rings. The number of nitrogens with zero attached hydrogens (tertiary/aromatic N) is 3. The molecule has 0 unspecified atom stereocenters. The van der Waals surface area contributed by atoms with E-state index >= 15 is 0 Å². The zero-order valence-electron chi connectivity index (χ0n) is 19.0. The molecular formula is C26H29N5OS. The van der Waals surface area contributed by atoms with E-state index in [1.807, 2.05) is 49.3 Å². The Kier molecular flexibility index (Phi) is 6.13. The zero-order chi connectivity index (χ0) is 22.8. The van der Waals surface area contributed by atoms with Crippen LogP contribution in [0, 0.1) is 0 Å². The lowest BCUT2D eigenvalue weighted by molar-refractivity contribution is -0.121. The molecule has 6 nitrogen and oxygen atoms in total. The van der Waals surface area contributed by atoms with E-state index in [1.54, 1.807) is 11.3 Å². The van der Waals surface area contributed by atoms with Crippen molar-refractivity contribution >= 4 is 50.0 Å². The van der Waals surface area contributed by atoms with E-state index < -0.39 is 0 Å². The molecule has 1 aliphatic rings. The van der Waals surface area contributed by atoms with Crippen molar-refractivity contribution in [3.05, 3.63) is 59.5 Å². The van der Waals surface area contributed by atoms with E-state index in [2.05, 4.69) is 34.2 Å². The molecule has 0 bridgehead atoms. The monoisotopic (exact) mass is 459 g/mol. The minimum absolute atomic E-state index is 0.114. The van der Waals surface area contributed by atoms with Crippen molar-refractivity contribution < 1.29 is 4.79 Å². The first-order valence-corrected chi connectivity index (χ1v) is 12.4. The van der Waals surface area contributed by atoms with Gasteiger partial charge in [-0.15, -0.1) is 11.3 Å². The van der Waals surface area contributed by atoms with Crippen molar-refractivity contribution in [2.24, 2.45) is 0 Å². The molecule has 2 heterocycles. The number of thiophene rings is 1. The van der Waals surface area contributed by atoms with Crippen LogP contribution in [-0.4, -0.2) is 42.1 Å². The summed E-state index contributed by atoms with van der Waals surface area (Å²) < 4.78 is 1.24. The average Bonchev–Trinajstić information content (AvgIpc) is 3.22. The predicted molar refractivity (Wildman–Crippen MR) is 137 cm³/mol. The molecule has 2 aromatic carbocycles. The first-order chi connectivity index (χ1) is 16.1. The van der Waals surface area contributed by atoms with Crippen LogP contribution in [0.2, 0.25) is 0 Å². The van der Waals surface area contributed by atoms with E-state index in [0.717, 1.165) is 48.0 Å². The number of benzene rings is 2. The normalized spacial score (nSPS) is 18.4. The zero-order valence-corrected chi connectivity index (χ0v) is 19.9. The number of rotatable bonds is 6. The van der Waals surface area contributed by atoms with Crippen LogP contribution in [0.1, 0.15) is 31.2 Å². The summed E-state index contributed by atoms with van der Waals surface area (Å²) in [5.74, 6) is 1.71. The Morgan fingerprint density at radius 2 is 1.67 bits per heavy atom. The van der Waals surface area contributed by atoms with Gasteiger partial charge >= 0.3 is 0 Å². The fraction of sp³-hybridized carbons (Fsp3) is 0.346. The van der Waals surface area contributed by atoms with E-state index in [9.17, 15) is 4.79 Å². The van der Waals surface area contributed by atoms with Gasteiger partial charge in [-0.25, -0.2) is 4.98 Å². The highest BCUT2D eigenvalue weighted by molar-refractivity contribution is 7.17. The van der Waals surface area contributed by atoms with E-state index in [4.69, 9.17) is 9.97 Å². The summed E-state index contributed by atoms with van der Waals surface area (Å²) in [5.41, 5.74) is 2.06. The average molecular weight is 460 g/mol. The highest BCUT2D eigenvalue weighted by Gasteiger charge is 2.23. The molecule has 5 rings (SSSR count). The highest BCUT2D eigenvalue weighted by atomic mass is 32.1. The van der Waals surface area contributed by atoms with E-state index in [-0.39, 0.29) is 11.9 Å². The van der Waals surface area contributed by atoms with Crippen LogP contribution in [0.15, 0.2) is 53.9 Å². The smallest absolute Gasteiger partial charge is 0.225 e. The minimum atomic E-state index is 0.114. The Morgan fingerprint density at radius 1 is 0.970 bits per heavy atom. The summed E-state index contributed by atoms with van der Waals surface area (Å²) >= 11 is 1.70. The number of fused-ring (bicyclic) bond motifs is 2. The second kappa shape index (κ2) is 9.35. The summed E-state index contributed by atoms with van der Waals surface area (Å²) in [7, 11) is 4.01. The number of carbonyl (C=O) groups excluding carboxylic acids is 1. The molecule has 7 heteroatoms. The van der Waals surface area contributed by atoms with Gasteiger partial charge in [-0.05, 0) is 60.2 Å². The third-order valence-electron chi connectivity index (χ3n) is 6.34. The number of aromatic nitrogens is 2. The van der Waals surface area contributed by atoms with Gasteiger partial charge in [0.15, 0.2) is 0 Å². The maximum Gasteiger partial charge on any atom is 0.225 e. The van der Waals surface area contributed by atoms with Gasteiger partial charge in [0.2, 0.25) is 11.9 Å². The lowest BCUT2D eigenvalue weighted by Gasteiger charge is -2.30. The minimum Gasteiger partial charge on any atom is -0.362 e. The fourth-order valence-corrected chi connectivity index (χ4v) is 5.61. The molecule has 1 aliphatic carbocycles. The van der Waals surface area contributed by atoms with Crippen LogP contribution < -0.4 is 15.5 Å². The first-order valence-electron chi connectivity index (χ1n) is 11.5.